The molecule has 0 radical (unpaired) electrons. The standard InChI is InChI=1S/C18H27F3N2O2/c1-13(2)4-7-16(23-10-8-22-9-11-23)15-6-5-14(12-17(15)24-3)25-18(19,20)21/h5-6,12-13,16,22H,4,7-11H2,1-3H3/t16-/m1/s1. The zero-order valence-corrected chi connectivity index (χ0v) is 15.0. The molecule has 0 unspecified atom stereocenters. The minimum atomic E-state index is -4.71. The van der Waals surface area contributed by atoms with Gasteiger partial charge in [0.05, 0.1) is 7.11 Å². The molecule has 1 saturated heterocycles. The van der Waals surface area contributed by atoms with E-state index in [1.165, 1.54) is 19.2 Å². The van der Waals surface area contributed by atoms with Gasteiger partial charge in [-0.3, -0.25) is 4.90 Å². The van der Waals surface area contributed by atoms with E-state index in [-0.39, 0.29) is 11.8 Å². The molecule has 1 heterocycles. The summed E-state index contributed by atoms with van der Waals surface area (Å²) in [5, 5.41) is 3.33. The minimum Gasteiger partial charge on any atom is -0.496 e. The number of nitrogens with one attached hydrogen (secondary N) is 1. The molecule has 4 nitrogen and oxygen atoms in total. The van der Waals surface area contributed by atoms with Gasteiger partial charge in [0.25, 0.3) is 0 Å². The Balaban J connectivity index is 2.27. The summed E-state index contributed by atoms with van der Waals surface area (Å²) < 4.78 is 46.8. The van der Waals surface area contributed by atoms with Crippen LogP contribution in [0.5, 0.6) is 11.5 Å². The number of hydrogen-bond donors (Lipinski definition) is 1. The van der Waals surface area contributed by atoms with Gasteiger partial charge >= 0.3 is 6.36 Å². The maximum Gasteiger partial charge on any atom is 0.573 e. The van der Waals surface area contributed by atoms with E-state index in [0.717, 1.165) is 44.6 Å². The number of nitrogens with zero attached hydrogens (tertiary/aromatic N) is 1. The van der Waals surface area contributed by atoms with E-state index in [9.17, 15) is 13.2 Å². The van der Waals surface area contributed by atoms with Crippen LogP contribution in [-0.4, -0.2) is 44.6 Å². The Labute approximate surface area is 147 Å². The van der Waals surface area contributed by atoms with Crippen LogP contribution in [0.1, 0.15) is 38.3 Å². The highest BCUT2D eigenvalue weighted by atomic mass is 19.4. The lowest BCUT2D eigenvalue weighted by atomic mass is 9.95. The van der Waals surface area contributed by atoms with Crippen LogP contribution in [0.4, 0.5) is 13.2 Å². The maximum absolute atomic E-state index is 12.5. The third-order valence-corrected chi connectivity index (χ3v) is 4.41. The predicted octanol–water partition coefficient (Wildman–Crippen LogP) is 3.98. The molecule has 1 N–H and O–H groups in total. The van der Waals surface area contributed by atoms with Gasteiger partial charge in [0.2, 0.25) is 0 Å². The molecule has 0 saturated carbocycles. The van der Waals surface area contributed by atoms with Crippen LogP contribution in [0.3, 0.4) is 0 Å². The highest BCUT2D eigenvalue weighted by Gasteiger charge is 2.32. The summed E-state index contributed by atoms with van der Waals surface area (Å²) in [6.07, 6.45) is -2.73. The van der Waals surface area contributed by atoms with Crippen LogP contribution in [0.2, 0.25) is 0 Å². The van der Waals surface area contributed by atoms with Crippen LogP contribution in [0.15, 0.2) is 18.2 Å². The molecule has 1 aromatic rings. The molecule has 0 aliphatic carbocycles. The number of ether oxygens (including phenoxy) is 2. The molecule has 1 fully saturated rings. The van der Waals surface area contributed by atoms with E-state index in [1.807, 2.05) is 0 Å². The smallest absolute Gasteiger partial charge is 0.496 e. The highest BCUT2D eigenvalue weighted by molar-refractivity contribution is 5.42. The number of halogens is 3. The van der Waals surface area contributed by atoms with Crippen molar-refractivity contribution in [1.82, 2.24) is 10.2 Å². The van der Waals surface area contributed by atoms with Gasteiger partial charge < -0.3 is 14.8 Å². The average molecular weight is 360 g/mol. The second kappa shape index (κ2) is 8.76. The van der Waals surface area contributed by atoms with Gasteiger partial charge in [0, 0.05) is 43.9 Å². The Morgan fingerprint density at radius 3 is 2.40 bits per heavy atom. The van der Waals surface area contributed by atoms with Crippen LogP contribution < -0.4 is 14.8 Å². The second-order valence-corrected chi connectivity index (χ2v) is 6.72. The van der Waals surface area contributed by atoms with E-state index in [4.69, 9.17) is 4.74 Å². The molecule has 142 valence electrons. The molecule has 0 bridgehead atoms. The molecule has 0 amide bonds. The van der Waals surface area contributed by atoms with Gasteiger partial charge in [0.15, 0.2) is 0 Å². The first kappa shape index (κ1) is 19.8. The lowest BCUT2D eigenvalue weighted by molar-refractivity contribution is -0.274. The third-order valence-electron chi connectivity index (χ3n) is 4.41. The van der Waals surface area contributed by atoms with E-state index < -0.39 is 6.36 Å². The molecule has 0 spiro atoms. The molecule has 1 aliphatic heterocycles. The zero-order valence-electron chi connectivity index (χ0n) is 15.0. The minimum absolute atomic E-state index is 0.124. The van der Waals surface area contributed by atoms with Crippen molar-refractivity contribution in [2.24, 2.45) is 5.92 Å². The number of piperazine rings is 1. The fourth-order valence-electron chi connectivity index (χ4n) is 3.18. The van der Waals surface area contributed by atoms with Gasteiger partial charge in [-0.05, 0) is 24.8 Å². The maximum atomic E-state index is 12.5. The molecular formula is C18H27F3N2O2. The van der Waals surface area contributed by atoms with Crippen molar-refractivity contribution in [1.29, 1.82) is 0 Å². The number of benzene rings is 1. The van der Waals surface area contributed by atoms with Gasteiger partial charge in [-0.1, -0.05) is 19.9 Å². The highest BCUT2D eigenvalue weighted by Crippen LogP contribution is 2.37. The molecule has 1 aliphatic rings. The molecule has 1 aromatic carbocycles. The Hall–Kier alpha value is -1.47. The topological polar surface area (TPSA) is 33.7 Å². The summed E-state index contributed by atoms with van der Waals surface area (Å²) in [5.41, 5.74) is 0.916. The van der Waals surface area contributed by atoms with Crippen molar-refractivity contribution in [2.75, 3.05) is 33.3 Å². The Kier molecular flexibility index (Phi) is 6.95. The largest absolute Gasteiger partial charge is 0.573 e. The first-order valence-corrected chi connectivity index (χ1v) is 8.68. The summed E-state index contributed by atoms with van der Waals surface area (Å²) in [5.74, 6) is 0.745. The summed E-state index contributed by atoms with van der Waals surface area (Å²) in [7, 11) is 1.48. The summed E-state index contributed by atoms with van der Waals surface area (Å²) in [6.45, 7) is 7.99. The van der Waals surface area contributed by atoms with Crippen molar-refractivity contribution in [3.63, 3.8) is 0 Å². The summed E-state index contributed by atoms with van der Waals surface area (Å²) in [4.78, 5) is 2.38. The SMILES string of the molecule is COc1cc(OC(F)(F)F)ccc1[C@@H](CCC(C)C)N1CCNCC1. The summed E-state index contributed by atoms with van der Waals surface area (Å²) >= 11 is 0. The molecule has 0 aromatic heterocycles. The second-order valence-electron chi connectivity index (χ2n) is 6.72. The zero-order chi connectivity index (χ0) is 18.4. The first-order chi connectivity index (χ1) is 11.8. The van der Waals surface area contributed by atoms with E-state index in [2.05, 4.69) is 28.8 Å². The van der Waals surface area contributed by atoms with Crippen molar-refractivity contribution in [3.8, 4) is 11.5 Å². The Morgan fingerprint density at radius 1 is 1.16 bits per heavy atom. The van der Waals surface area contributed by atoms with Gasteiger partial charge in [-0.2, -0.15) is 0 Å². The van der Waals surface area contributed by atoms with Crippen LogP contribution >= 0.6 is 0 Å². The Bertz CT molecular complexity index is 544. The monoisotopic (exact) mass is 360 g/mol. The fourth-order valence-corrected chi connectivity index (χ4v) is 3.18. The predicted molar refractivity (Wildman–Crippen MR) is 90.9 cm³/mol. The van der Waals surface area contributed by atoms with Crippen molar-refractivity contribution >= 4 is 0 Å². The van der Waals surface area contributed by atoms with Crippen molar-refractivity contribution in [3.05, 3.63) is 23.8 Å². The number of hydrogen-bond acceptors (Lipinski definition) is 4. The van der Waals surface area contributed by atoms with Crippen LogP contribution in [0, 0.1) is 5.92 Å². The number of alkyl halides is 3. The third kappa shape index (κ3) is 6.08. The fraction of sp³-hybridized carbons (Fsp3) is 0.667. The van der Waals surface area contributed by atoms with Crippen molar-refractivity contribution < 1.29 is 22.6 Å². The first-order valence-electron chi connectivity index (χ1n) is 8.68. The molecular weight excluding hydrogens is 333 g/mol. The molecule has 1 atom stereocenters. The van der Waals surface area contributed by atoms with E-state index in [1.54, 1.807) is 6.07 Å². The van der Waals surface area contributed by atoms with Crippen LogP contribution in [0.25, 0.3) is 0 Å². The molecule has 2 rings (SSSR count). The van der Waals surface area contributed by atoms with Gasteiger partial charge in [-0.15, -0.1) is 13.2 Å². The van der Waals surface area contributed by atoms with Crippen LogP contribution in [-0.2, 0) is 0 Å². The van der Waals surface area contributed by atoms with Crippen molar-refractivity contribution in [2.45, 2.75) is 39.1 Å². The lowest BCUT2D eigenvalue weighted by Gasteiger charge is -2.36. The lowest BCUT2D eigenvalue weighted by Crippen LogP contribution is -2.45. The normalized spacial score (nSPS) is 17.6. The average Bonchev–Trinajstić information content (AvgIpc) is 2.55. The Morgan fingerprint density at radius 2 is 1.84 bits per heavy atom. The number of methoxy groups -OCH3 is 1. The van der Waals surface area contributed by atoms with E-state index >= 15 is 0 Å². The molecule has 25 heavy (non-hydrogen) atoms. The number of rotatable bonds is 7. The van der Waals surface area contributed by atoms with Gasteiger partial charge in [-0.25, -0.2) is 0 Å². The van der Waals surface area contributed by atoms with Gasteiger partial charge in [0.1, 0.15) is 11.5 Å². The molecule has 7 heteroatoms. The van der Waals surface area contributed by atoms with E-state index in [0.29, 0.717) is 11.7 Å². The summed E-state index contributed by atoms with van der Waals surface area (Å²) in [6, 6.07) is 4.52. The quantitative estimate of drug-likeness (QED) is 0.798.